The highest BCUT2D eigenvalue weighted by atomic mass is 35.5. The van der Waals surface area contributed by atoms with Crippen molar-refractivity contribution in [1.82, 2.24) is 15.2 Å². The minimum absolute atomic E-state index is 0.0205. The number of morpholine rings is 1. The van der Waals surface area contributed by atoms with Crippen LogP contribution >= 0.6 is 23.2 Å². The van der Waals surface area contributed by atoms with Crippen molar-refractivity contribution in [3.05, 3.63) is 88.7 Å². The summed E-state index contributed by atoms with van der Waals surface area (Å²) in [6.07, 6.45) is -0.0117. The summed E-state index contributed by atoms with van der Waals surface area (Å²) in [7, 11) is -2.90. The number of carbonyl (C=O) groups is 2. The summed E-state index contributed by atoms with van der Waals surface area (Å²) in [4.78, 5) is 33.2. The maximum Gasteiger partial charge on any atom is 0.410 e. The second kappa shape index (κ2) is 14.0. The molecule has 0 aliphatic carbocycles. The average Bonchev–Trinajstić information content (AvgIpc) is 2.96. The molecule has 1 aliphatic heterocycles. The van der Waals surface area contributed by atoms with E-state index in [2.05, 4.69) is 55.3 Å². The molecule has 1 N–H and O–H groups in total. The van der Waals surface area contributed by atoms with Crippen LogP contribution in [-0.4, -0.2) is 67.7 Å². The van der Waals surface area contributed by atoms with Gasteiger partial charge in [0.15, 0.2) is 6.10 Å². The van der Waals surface area contributed by atoms with Crippen LogP contribution in [0.5, 0.6) is 0 Å². The highest BCUT2D eigenvalue weighted by Gasteiger charge is 2.51. The summed E-state index contributed by atoms with van der Waals surface area (Å²) < 4.78 is 19.1. The molecule has 0 unspecified atom stereocenters. The number of nitrogens with one attached hydrogen (secondary N) is 1. The molecule has 0 radical (unpaired) electrons. The summed E-state index contributed by atoms with van der Waals surface area (Å²) >= 11 is 12.4. The number of pyridine rings is 1. The van der Waals surface area contributed by atoms with Crippen LogP contribution in [0.3, 0.4) is 0 Å². The first kappa shape index (κ1) is 35.9. The van der Waals surface area contributed by atoms with Gasteiger partial charge in [-0.05, 0) is 56.1 Å². The molecular weight excluding hydrogens is 641 g/mol. The zero-order valence-corrected chi connectivity index (χ0v) is 30.4. The van der Waals surface area contributed by atoms with Gasteiger partial charge in [-0.2, -0.15) is 0 Å². The minimum atomic E-state index is -2.90. The van der Waals surface area contributed by atoms with Gasteiger partial charge < -0.3 is 19.2 Å². The fraction of sp³-hybridized carbons (Fsp3) is 0.457. The van der Waals surface area contributed by atoms with Gasteiger partial charge in [-0.25, -0.2) is 4.79 Å². The van der Waals surface area contributed by atoms with E-state index >= 15 is 0 Å². The summed E-state index contributed by atoms with van der Waals surface area (Å²) in [5, 5.41) is 5.71. The molecule has 1 aromatic heterocycles. The number of ether oxygens (including phenoxy) is 2. The van der Waals surface area contributed by atoms with Crippen LogP contribution in [0.25, 0.3) is 0 Å². The van der Waals surface area contributed by atoms with Crippen LogP contribution in [0, 0.1) is 0 Å². The zero-order chi connectivity index (χ0) is 33.9. The molecule has 8 nitrogen and oxygen atoms in total. The van der Waals surface area contributed by atoms with Crippen molar-refractivity contribution in [3.63, 3.8) is 0 Å². The van der Waals surface area contributed by atoms with Gasteiger partial charge in [0.2, 0.25) is 0 Å². The van der Waals surface area contributed by atoms with Crippen molar-refractivity contribution < 1.29 is 23.5 Å². The molecule has 46 heavy (non-hydrogen) atoms. The molecule has 3 aromatic rings. The fourth-order valence-corrected chi connectivity index (χ4v) is 11.1. The van der Waals surface area contributed by atoms with Gasteiger partial charge in [0.05, 0.1) is 47.1 Å². The van der Waals surface area contributed by atoms with Crippen molar-refractivity contribution in [2.24, 2.45) is 0 Å². The van der Waals surface area contributed by atoms with Gasteiger partial charge >= 0.3 is 6.09 Å². The van der Waals surface area contributed by atoms with Crippen molar-refractivity contribution in [1.29, 1.82) is 0 Å². The highest BCUT2D eigenvalue weighted by molar-refractivity contribution is 6.99. The van der Waals surface area contributed by atoms with E-state index in [9.17, 15) is 9.59 Å². The maximum absolute atomic E-state index is 13.7. The Morgan fingerprint density at radius 2 is 1.52 bits per heavy atom. The smallest absolute Gasteiger partial charge is 0.410 e. The molecule has 1 saturated heterocycles. The topological polar surface area (TPSA) is 90.0 Å². The van der Waals surface area contributed by atoms with Crippen LogP contribution in [0.15, 0.2) is 72.9 Å². The van der Waals surface area contributed by atoms with E-state index in [4.69, 9.17) is 37.1 Å². The van der Waals surface area contributed by atoms with E-state index < -0.39 is 43.6 Å². The summed E-state index contributed by atoms with van der Waals surface area (Å²) in [5.41, 5.74) is -1.22. The minimum Gasteiger partial charge on any atom is -0.444 e. The number of aromatic nitrogens is 1. The SMILES string of the molecule is CC(C)(C)OC(=O)N1C[C@@H](C(=O)NC(C)(C)c2ncc(Cl)cc2Cl)OC[C@H]1CO[Si](c1ccccc1)(c1ccccc1)C(C)(C)C. The van der Waals surface area contributed by atoms with Crippen LogP contribution in [-0.2, 0) is 24.2 Å². The Morgan fingerprint density at radius 1 is 0.957 bits per heavy atom. The zero-order valence-electron chi connectivity index (χ0n) is 27.9. The molecule has 2 aromatic carbocycles. The molecular formula is C35H45Cl2N3O5Si. The Balaban J connectivity index is 1.62. The van der Waals surface area contributed by atoms with E-state index in [1.807, 2.05) is 57.2 Å². The summed E-state index contributed by atoms with van der Waals surface area (Å²) in [5.74, 6) is -0.405. The number of rotatable bonds is 8. The lowest BCUT2D eigenvalue weighted by atomic mass is 9.99. The first-order valence-corrected chi connectivity index (χ1v) is 18.1. The predicted molar refractivity (Wildman–Crippen MR) is 185 cm³/mol. The van der Waals surface area contributed by atoms with Crippen LogP contribution in [0.4, 0.5) is 4.79 Å². The van der Waals surface area contributed by atoms with Gasteiger partial charge in [-0.1, -0.05) is 105 Å². The second-order valence-corrected chi connectivity index (χ2v) is 19.3. The number of halogens is 2. The van der Waals surface area contributed by atoms with E-state index in [0.717, 1.165) is 10.4 Å². The lowest BCUT2D eigenvalue weighted by molar-refractivity contribution is -0.144. The highest BCUT2D eigenvalue weighted by Crippen LogP contribution is 2.37. The number of amides is 2. The van der Waals surface area contributed by atoms with Crippen molar-refractivity contribution in [2.45, 2.75) is 83.7 Å². The molecule has 1 fully saturated rings. The Labute approximate surface area is 283 Å². The van der Waals surface area contributed by atoms with Crippen LogP contribution < -0.4 is 15.7 Å². The third-order valence-electron chi connectivity index (χ3n) is 7.96. The number of nitrogens with zero attached hydrogens (tertiary/aromatic N) is 2. The summed E-state index contributed by atoms with van der Waals surface area (Å²) in [6.45, 7) is 15.9. The molecule has 248 valence electrons. The molecule has 11 heteroatoms. The molecule has 0 saturated carbocycles. The molecule has 1 aliphatic rings. The fourth-order valence-electron chi connectivity index (χ4n) is 5.84. The standard InChI is InChI=1S/C35H45Cl2N3O5Si/c1-33(2,3)45-32(42)40-21-29(31(41)39-35(7,8)30-28(37)19-24(36)20-38-30)43-22-25(40)23-44-46(34(4,5)6,26-15-11-9-12-16-26)27-17-13-10-14-18-27/h9-20,25,29H,21-23H2,1-8H3,(H,39,41)/t25-,29-/m0/s1. The third kappa shape index (κ3) is 8.12. The molecule has 0 spiro atoms. The Hall–Kier alpha value is -2.95. The van der Waals surface area contributed by atoms with E-state index in [0.29, 0.717) is 15.7 Å². The van der Waals surface area contributed by atoms with Crippen LogP contribution in [0.2, 0.25) is 15.1 Å². The van der Waals surface area contributed by atoms with E-state index in [-0.39, 0.29) is 24.8 Å². The first-order valence-electron chi connectivity index (χ1n) is 15.4. The van der Waals surface area contributed by atoms with E-state index in [1.54, 1.807) is 24.8 Å². The Bertz CT molecular complexity index is 1470. The number of hydrogen-bond acceptors (Lipinski definition) is 6. The van der Waals surface area contributed by atoms with Gasteiger partial charge in [0.1, 0.15) is 5.60 Å². The normalized spacial score (nSPS) is 17.8. The lowest BCUT2D eigenvalue weighted by Crippen LogP contribution is -2.68. The van der Waals surface area contributed by atoms with Gasteiger partial charge in [-0.15, -0.1) is 0 Å². The van der Waals surface area contributed by atoms with Gasteiger partial charge in [0, 0.05) is 6.20 Å². The Morgan fingerprint density at radius 3 is 2.02 bits per heavy atom. The molecule has 2 atom stereocenters. The maximum atomic E-state index is 13.7. The van der Waals surface area contributed by atoms with Crippen molar-refractivity contribution >= 4 is 53.9 Å². The Kier molecular flexibility index (Phi) is 11.0. The summed E-state index contributed by atoms with van der Waals surface area (Å²) in [6, 6.07) is 21.7. The largest absolute Gasteiger partial charge is 0.444 e. The van der Waals surface area contributed by atoms with Crippen LogP contribution in [0.1, 0.15) is 61.1 Å². The molecule has 0 bridgehead atoms. The first-order chi connectivity index (χ1) is 21.4. The van der Waals surface area contributed by atoms with Gasteiger partial charge in [0.25, 0.3) is 14.2 Å². The van der Waals surface area contributed by atoms with Crippen molar-refractivity contribution in [2.75, 3.05) is 19.8 Å². The predicted octanol–water partition coefficient (Wildman–Crippen LogP) is 6.32. The number of hydrogen-bond donors (Lipinski definition) is 1. The molecule has 2 amide bonds. The quantitative estimate of drug-likeness (QED) is 0.279. The monoisotopic (exact) mass is 685 g/mol. The van der Waals surface area contributed by atoms with Crippen molar-refractivity contribution in [3.8, 4) is 0 Å². The average molecular weight is 687 g/mol. The third-order valence-corrected chi connectivity index (χ3v) is 13.5. The molecule has 4 rings (SSSR count). The lowest BCUT2D eigenvalue weighted by Gasteiger charge is -2.46. The van der Waals surface area contributed by atoms with E-state index in [1.165, 1.54) is 6.20 Å². The van der Waals surface area contributed by atoms with Gasteiger partial charge in [-0.3, -0.25) is 14.7 Å². The number of carbonyl (C=O) groups excluding carboxylic acids is 2. The number of benzene rings is 2. The second-order valence-electron chi connectivity index (χ2n) is 14.2. The molecule has 2 heterocycles.